The molecule has 0 aliphatic heterocycles. The smallest absolute Gasteiger partial charge is 0.222 e. The fourth-order valence-electron chi connectivity index (χ4n) is 5.85. The molecule has 0 saturated heterocycles. The van der Waals surface area contributed by atoms with Gasteiger partial charge in [0.05, 0.1) is 42.6 Å². The van der Waals surface area contributed by atoms with E-state index in [1.807, 2.05) is 60.7 Å². The lowest BCUT2D eigenvalue weighted by molar-refractivity contribution is 0.00119. The van der Waals surface area contributed by atoms with Crippen molar-refractivity contribution in [3.63, 3.8) is 0 Å². The molecule has 0 spiro atoms. The van der Waals surface area contributed by atoms with Crippen molar-refractivity contribution in [3.05, 3.63) is 167 Å². The highest BCUT2D eigenvalue weighted by Gasteiger charge is 2.26. The minimum Gasteiger partial charge on any atom is -0.439 e. The van der Waals surface area contributed by atoms with E-state index in [0.717, 1.165) is 57.2 Å². The Bertz CT molecular complexity index is 1800. The molecule has 6 aromatic rings. The molecule has 6 rings (SSSR count). The van der Waals surface area contributed by atoms with Crippen molar-refractivity contribution in [2.75, 3.05) is 0 Å². The van der Waals surface area contributed by atoms with Crippen LogP contribution in [-0.4, -0.2) is 29.0 Å². The molecule has 2 unspecified atom stereocenters. The Kier molecular flexibility index (Phi) is 11.5. The lowest BCUT2D eigenvalue weighted by atomic mass is 10.1. The zero-order chi connectivity index (χ0) is 34.0. The second-order valence-corrected chi connectivity index (χ2v) is 16.4. The Hall–Kier alpha value is -4.83. The lowest BCUT2D eigenvalue weighted by Crippen LogP contribution is -2.23. The first-order chi connectivity index (χ1) is 23.9. The van der Waals surface area contributed by atoms with E-state index in [-0.39, 0.29) is 12.2 Å². The summed E-state index contributed by atoms with van der Waals surface area (Å²) in [5, 5.41) is 2.80. The van der Waals surface area contributed by atoms with Gasteiger partial charge in [-0.1, -0.05) is 107 Å². The Labute approximate surface area is 295 Å². The summed E-state index contributed by atoms with van der Waals surface area (Å²) in [6, 6.07) is 47.5. The average Bonchev–Trinajstić information content (AvgIpc) is 3.13. The van der Waals surface area contributed by atoms with Crippen LogP contribution >= 0.6 is 0 Å². The predicted molar refractivity (Wildman–Crippen MR) is 206 cm³/mol. The van der Waals surface area contributed by atoms with Crippen LogP contribution in [0.25, 0.3) is 0 Å². The van der Waals surface area contributed by atoms with Crippen molar-refractivity contribution in [2.45, 2.75) is 52.0 Å². The zero-order valence-corrected chi connectivity index (χ0v) is 31.6. The van der Waals surface area contributed by atoms with Gasteiger partial charge in [0.25, 0.3) is 0 Å². The fraction of sp³-hybridized carbons (Fsp3) is 0.190. The number of benzene rings is 4. The van der Waals surface area contributed by atoms with Crippen LogP contribution in [0.3, 0.4) is 0 Å². The second kappa shape index (κ2) is 16.5. The van der Waals surface area contributed by atoms with Crippen LogP contribution in [0, 0.1) is 27.7 Å². The molecule has 49 heavy (non-hydrogen) atoms. The van der Waals surface area contributed by atoms with E-state index in [9.17, 15) is 0 Å². The van der Waals surface area contributed by atoms with Crippen LogP contribution < -0.4 is 19.8 Å². The Morgan fingerprint density at radius 1 is 0.490 bits per heavy atom. The molecule has 0 amide bonds. The van der Waals surface area contributed by atoms with Gasteiger partial charge < -0.3 is 14.2 Å². The van der Waals surface area contributed by atoms with Gasteiger partial charge in [0.1, 0.15) is 11.5 Å². The van der Waals surface area contributed by atoms with Gasteiger partial charge in [-0.3, -0.25) is 0 Å². The number of hydrogen-bond donors (Lipinski definition) is 0. The third kappa shape index (κ3) is 9.20. The molecule has 4 aromatic carbocycles. The highest BCUT2D eigenvalue weighted by Crippen LogP contribution is 2.36. The van der Waals surface area contributed by atoms with Gasteiger partial charge in [-0.05, 0) is 87.3 Å². The molecule has 5 nitrogen and oxygen atoms in total. The van der Waals surface area contributed by atoms with E-state index in [1.165, 1.54) is 10.4 Å². The molecular formula is C42H44N2O3Si2. The van der Waals surface area contributed by atoms with Crippen molar-refractivity contribution in [1.29, 1.82) is 0 Å². The van der Waals surface area contributed by atoms with Gasteiger partial charge in [0.15, 0.2) is 0 Å². The molecule has 2 atom stereocenters. The van der Waals surface area contributed by atoms with Crippen molar-refractivity contribution >= 4 is 29.4 Å². The maximum absolute atomic E-state index is 7.30. The Balaban J connectivity index is 1.38. The largest absolute Gasteiger partial charge is 0.439 e. The summed E-state index contributed by atoms with van der Waals surface area (Å²) in [6.07, 6.45) is -0.470. The molecule has 0 fully saturated rings. The third-order valence-electron chi connectivity index (χ3n) is 8.99. The quantitative estimate of drug-likeness (QED) is 0.110. The summed E-state index contributed by atoms with van der Waals surface area (Å²) in [6.45, 7) is 8.39. The molecule has 0 bridgehead atoms. The minimum absolute atomic E-state index is 0.235. The van der Waals surface area contributed by atoms with Crippen LogP contribution in [-0.2, 0) is 4.74 Å². The molecule has 0 saturated carbocycles. The van der Waals surface area contributed by atoms with Crippen molar-refractivity contribution in [1.82, 2.24) is 9.97 Å². The topological polar surface area (TPSA) is 53.5 Å². The predicted octanol–water partition coefficient (Wildman–Crippen LogP) is 7.92. The van der Waals surface area contributed by atoms with Crippen LogP contribution in [0.1, 0.15) is 45.8 Å². The van der Waals surface area contributed by atoms with Gasteiger partial charge in [-0.2, -0.15) is 0 Å². The number of aromatic nitrogens is 2. The van der Waals surface area contributed by atoms with E-state index in [0.29, 0.717) is 11.8 Å². The molecule has 0 aliphatic rings. The molecule has 7 heteroatoms. The first kappa shape index (κ1) is 34.1. The normalized spacial score (nSPS) is 12.8. The first-order valence-corrected chi connectivity index (χ1v) is 20.5. The second-order valence-electron chi connectivity index (χ2n) is 12.6. The molecular weight excluding hydrogens is 637 g/mol. The number of ether oxygens (including phenoxy) is 3. The molecule has 2 heterocycles. The highest BCUT2D eigenvalue weighted by molar-refractivity contribution is 6.53. The number of pyridine rings is 2. The van der Waals surface area contributed by atoms with Crippen molar-refractivity contribution < 1.29 is 14.2 Å². The van der Waals surface area contributed by atoms with Gasteiger partial charge in [0, 0.05) is 11.1 Å². The highest BCUT2D eigenvalue weighted by atomic mass is 28.2. The molecule has 0 N–H and O–H groups in total. The molecule has 2 aromatic heterocycles. The van der Waals surface area contributed by atoms with Gasteiger partial charge >= 0.3 is 0 Å². The standard InChI is InChI=1S/C42H44N2O3Si2/c1-29-25-37(43-41(31(29)3)45-33-17-9-5-10-18-33)39(27-48-35-21-13-7-14-22-35)47-40(28-49-36-23-15-8-16-24-36)38-26-30(2)32(4)42(44-38)46-34-19-11-6-12-20-34/h5-26,39-40H,27-28,48-49H2,1-4H3. The summed E-state index contributed by atoms with van der Waals surface area (Å²) in [5.74, 6) is 2.77. The van der Waals surface area contributed by atoms with E-state index < -0.39 is 19.0 Å². The van der Waals surface area contributed by atoms with Crippen LogP contribution in [0.2, 0.25) is 12.1 Å². The molecule has 0 radical (unpaired) electrons. The first-order valence-electron chi connectivity index (χ1n) is 17.1. The number of rotatable bonds is 14. The van der Waals surface area contributed by atoms with Crippen LogP contribution in [0.15, 0.2) is 133 Å². The SMILES string of the molecule is Cc1cc(C(C[SiH2]c2ccccc2)OC(C[SiH2]c2ccccc2)c2cc(C)c(C)c(Oc3ccccc3)n2)nc(Oc2ccccc2)c1C. The summed E-state index contributed by atoms with van der Waals surface area (Å²) in [7, 11) is -1.36. The van der Waals surface area contributed by atoms with E-state index in [1.54, 1.807) is 0 Å². The number of nitrogens with zero attached hydrogens (tertiary/aromatic N) is 2. The lowest BCUT2D eigenvalue weighted by Gasteiger charge is -2.26. The van der Waals surface area contributed by atoms with E-state index in [4.69, 9.17) is 24.2 Å². The zero-order valence-electron chi connectivity index (χ0n) is 28.8. The summed E-state index contributed by atoms with van der Waals surface area (Å²) in [4.78, 5) is 10.3. The monoisotopic (exact) mass is 680 g/mol. The number of para-hydroxylation sites is 2. The Morgan fingerprint density at radius 2 is 0.837 bits per heavy atom. The maximum atomic E-state index is 7.30. The summed E-state index contributed by atoms with van der Waals surface area (Å²) < 4.78 is 20.0. The minimum atomic E-state index is -0.682. The summed E-state index contributed by atoms with van der Waals surface area (Å²) in [5.41, 5.74) is 6.10. The van der Waals surface area contributed by atoms with Gasteiger partial charge in [-0.25, -0.2) is 9.97 Å². The summed E-state index contributed by atoms with van der Waals surface area (Å²) >= 11 is 0. The maximum Gasteiger partial charge on any atom is 0.222 e. The molecule has 248 valence electrons. The third-order valence-corrected chi connectivity index (χ3v) is 12.7. The van der Waals surface area contributed by atoms with Crippen LogP contribution in [0.4, 0.5) is 0 Å². The van der Waals surface area contributed by atoms with Crippen molar-refractivity contribution in [2.24, 2.45) is 0 Å². The van der Waals surface area contributed by atoms with Crippen molar-refractivity contribution in [3.8, 4) is 23.3 Å². The molecule has 0 aliphatic carbocycles. The fourth-order valence-corrected chi connectivity index (χ4v) is 9.11. The van der Waals surface area contributed by atoms with E-state index >= 15 is 0 Å². The average molecular weight is 681 g/mol. The van der Waals surface area contributed by atoms with E-state index in [2.05, 4.69) is 100 Å². The van der Waals surface area contributed by atoms with Gasteiger partial charge in [0.2, 0.25) is 11.8 Å². The Morgan fingerprint density at radius 3 is 1.20 bits per heavy atom. The van der Waals surface area contributed by atoms with Crippen LogP contribution in [0.5, 0.6) is 23.3 Å². The number of aryl methyl sites for hydroxylation is 2. The number of hydrogen-bond acceptors (Lipinski definition) is 5. The van der Waals surface area contributed by atoms with Gasteiger partial charge in [-0.15, -0.1) is 0 Å².